The summed E-state index contributed by atoms with van der Waals surface area (Å²) in [6, 6.07) is 3.12. The lowest BCUT2D eigenvalue weighted by atomic mass is 9.84. The first-order chi connectivity index (χ1) is 12.6. The second-order valence-corrected chi connectivity index (χ2v) is 8.27. The number of halogens is 2. The number of carbonyl (C=O) groups is 1. The van der Waals surface area contributed by atoms with Gasteiger partial charge in [0.05, 0.1) is 11.6 Å². The molecular weight excluding hydrogens is 352 g/mol. The fraction of sp³-hybridized carbons (Fsp3) is 0.600. The van der Waals surface area contributed by atoms with Crippen molar-refractivity contribution in [1.82, 2.24) is 9.55 Å². The van der Waals surface area contributed by atoms with Crippen LogP contribution in [0.4, 0.5) is 14.7 Å². The molecule has 0 aliphatic heterocycles. The second kappa shape index (κ2) is 7.19. The van der Waals surface area contributed by atoms with E-state index in [2.05, 4.69) is 10.3 Å². The van der Waals surface area contributed by atoms with Crippen molar-refractivity contribution in [2.75, 3.05) is 5.32 Å². The highest BCUT2D eigenvalue weighted by atomic mass is 19.1. The average molecular weight is 379 g/mol. The summed E-state index contributed by atoms with van der Waals surface area (Å²) in [5.74, 6) is -0.602. The number of hydrogen-bond acceptors (Lipinski definition) is 3. The van der Waals surface area contributed by atoms with Crippen LogP contribution < -0.4 is 5.32 Å². The van der Waals surface area contributed by atoms with Gasteiger partial charge < -0.3 is 9.67 Å². The first kappa shape index (κ1) is 19.7. The highest BCUT2D eigenvalue weighted by Crippen LogP contribution is 2.38. The Morgan fingerprint density at radius 2 is 2.07 bits per heavy atom. The fourth-order valence-electron chi connectivity index (χ4n) is 3.24. The van der Waals surface area contributed by atoms with Gasteiger partial charge in [-0.25, -0.2) is 13.8 Å². The van der Waals surface area contributed by atoms with Crippen molar-refractivity contribution in [3.63, 3.8) is 0 Å². The number of fused-ring (bicyclic) bond motifs is 1. The summed E-state index contributed by atoms with van der Waals surface area (Å²) in [5, 5.41) is 12.6. The zero-order valence-electron chi connectivity index (χ0n) is 16.2. The summed E-state index contributed by atoms with van der Waals surface area (Å²) in [6.07, 6.45) is 0.949. The van der Waals surface area contributed by atoms with E-state index >= 15 is 0 Å². The summed E-state index contributed by atoms with van der Waals surface area (Å²) in [4.78, 5) is 16.8. The summed E-state index contributed by atoms with van der Waals surface area (Å²) in [7, 11) is 0. The van der Waals surface area contributed by atoms with Crippen LogP contribution in [0.25, 0.3) is 11.0 Å². The number of aliphatic hydroxyl groups is 1. The Hall–Kier alpha value is -2.02. The molecule has 3 rings (SSSR count). The van der Waals surface area contributed by atoms with E-state index in [1.165, 1.54) is 13.0 Å². The Balaban J connectivity index is 1.99. The largest absolute Gasteiger partial charge is 0.389 e. The van der Waals surface area contributed by atoms with Gasteiger partial charge in [-0.1, -0.05) is 13.8 Å². The van der Waals surface area contributed by atoms with Crippen LogP contribution in [0, 0.1) is 11.2 Å². The van der Waals surface area contributed by atoms with E-state index in [1.54, 1.807) is 26.8 Å². The lowest BCUT2D eigenvalue weighted by molar-refractivity contribution is -0.119. The molecule has 2 atom stereocenters. The Morgan fingerprint density at radius 1 is 1.41 bits per heavy atom. The van der Waals surface area contributed by atoms with Crippen molar-refractivity contribution < 1.29 is 18.7 Å². The number of rotatable bonds is 6. The minimum atomic E-state index is -1.14. The summed E-state index contributed by atoms with van der Waals surface area (Å²) >= 11 is 0. The lowest BCUT2D eigenvalue weighted by Crippen LogP contribution is -2.30. The van der Waals surface area contributed by atoms with E-state index in [9.17, 15) is 18.7 Å². The Bertz CT molecular complexity index is 855. The highest BCUT2D eigenvalue weighted by molar-refractivity contribution is 5.92. The zero-order chi connectivity index (χ0) is 19.9. The number of aliphatic hydroxyl groups excluding tert-OH is 1. The Kier molecular flexibility index (Phi) is 5.25. The molecule has 148 valence electrons. The smallest absolute Gasteiger partial charge is 0.227 e. The minimum absolute atomic E-state index is 0.0000548. The van der Waals surface area contributed by atoms with E-state index in [4.69, 9.17) is 0 Å². The monoisotopic (exact) mass is 379 g/mol. The highest BCUT2D eigenvalue weighted by Gasteiger charge is 2.31. The topological polar surface area (TPSA) is 67.2 Å². The molecule has 0 saturated heterocycles. The van der Waals surface area contributed by atoms with Gasteiger partial charge in [-0.15, -0.1) is 0 Å². The third-order valence-corrected chi connectivity index (χ3v) is 5.64. The van der Waals surface area contributed by atoms with Crippen molar-refractivity contribution >= 4 is 22.9 Å². The average Bonchev–Trinajstić information content (AvgIpc) is 2.84. The van der Waals surface area contributed by atoms with Gasteiger partial charge in [0.2, 0.25) is 11.9 Å². The van der Waals surface area contributed by atoms with E-state index in [1.807, 2.05) is 4.57 Å². The van der Waals surface area contributed by atoms with Gasteiger partial charge in [0.15, 0.2) is 5.82 Å². The normalized spacial score (nSPS) is 17.6. The molecule has 1 amide bonds. The predicted octanol–water partition coefficient (Wildman–Crippen LogP) is 4.67. The quantitative estimate of drug-likeness (QED) is 0.767. The number of alkyl halides is 1. The molecule has 0 spiro atoms. The molecule has 2 N–H and O–H groups in total. The van der Waals surface area contributed by atoms with Crippen LogP contribution >= 0.6 is 0 Å². The number of nitrogens with zero attached hydrogens (tertiary/aromatic N) is 2. The van der Waals surface area contributed by atoms with E-state index in [0.29, 0.717) is 11.1 Å². The van der Waals surface area contributed by atoms with Gasteiger partial charge in [-0.05, 0) is 50.8 Å². The number of hydrogen-bond donors (Lipinski definition) is 2. The molecule has 5 nitrogen and oxygen atoms in total. The van der Waals surface area contributed by atoms with Crippen molar-refractivity contribution in [3.05, 3.63) is 23.5 Å². The van der Waals surface area contributed by atoms with Gasteiger partial charge >= 0.3 is 0 Å². The van der Waals surface area contributed by atoms with Gasteiger partial charge in [0, 0.05) is 17.9 Å². The molecule has 1 saturated carbocycles. The maximum Gasteiger partial charge on any atom is 0.227 e. The third kappa shape index (κ3) is 3.83. The summed E-state index contributed by atoms with van der Waals surface area (Å²) in [6.45, 7) is 6.40. The Morgan fingerprint density at radius 3 is 2.59 bits per heavy atom. The molecule has 1 aromatic heterocycles. The van der Waals surface area contributed by atoms with Gasteiger partial charge in [0.1, 0.15) is 11.7 Å². The van der Waals surface area contributed by atoms with Crippen LogP contribution in [-0.2, 0) is 4.79 Å². The van der Waals surface area contributed by atoms with E-state index in [-0.39, 0.29) is 29.8 Å². The number of carbonyl (C=O) groups excluding carboxylic acids is 1. The molecule has 1 fully saturated rings. The third-order valence-electron chi connectivity index (χ3n) is 5.64. The lowest BCUT2D eigenvalue weighted by Gasteiger charge is -2.30. The van der Waals surface area contributed by atoms with Crippen LogP contribution in [0.5, 0.6) is 0 Å². The number of anilines is 1. The van der Waals surface area contributed by atoms with Crippen LogP contribution in [0.3, 0.4) is 0 Å². The van der Waals surface area contributed by atoms with Crippen molar-refractivity contribution in [2.45, 2.75) is 71.7 Å². The standard InChI is InChI=1S/C20H27F2N3O2/c1-11(26)13-8-15(22)18-16(9-13)25(14-6-5-7-14)19(24-18)23-17(27)10-20(3,4)12(2)21/h8-9,11-12,14,26H,5-7,10H2,1-4H3,(H,23,24,27). The van der Waals surface area contributed by atoms with Crippen molar-refractivity contribution in [2.24, 2.45) is 5.41 Å². The van der Waals surface area contributed by atoms with Crippen LogP contribution in [0.15, 0.2) is 12.1 Å². The molecule has 27 heavy (non-hydrogen) atoms. The number of amides is 1. The molecule has 1 aromatic carbocycles. The van der Waals surface area contributed by atoms with Gasteiger partial charge in [0.25, 0.3) is 0 Å². The molecule has 7 heteroatoms. The van der Waals surface area contributed by atoms with E-state index in [0.717, 1.165) is 19.3 Å². The van der Waals surface area contributed by atoms with Gasteiger partial charge in [-0.3, -0.25) is 10.1 Å². The summed E-state index contributed by atoms with van der Waals surface area (Å²) < 4.78 is 30.1. The van der Waals surface area contributed by atoms with Gasteiger partial charge in [-0.2, -0.15) is 0 Å². The molecule has 0 radical (unpaired) electrons. The number of benzene rings is 1. The Labute approximate surface area is 157 Å². The SMILES string of the molecule is CC(O)c1cc(F)c2nc(NC(=O)CC(C)(C)C(C)F)n(C3CCC3)c2c1. The molecule has 2 unspecified atom stereocenters. The molecule has 1 aliphatic rings. The first-order valence-electron chi connectivity index (χ1n) is 9.43. The molecule has 1 heterocycles. The fourth-order valence-corrected chi connectivity index (χ4v) is 3.24. The second-order valence-electron chi connectivity index (χ2n) is 8.27. The number of nitrogens with one attached hydrogen (secondary N) is 1. The maximum atomic E-state index is 14.6. The molecule has 1 aliphatic carbocycles. The van der Waals surface area contributed by atoms with Crippen molar-refractivity contribution in [1.29, 1.82) is 0 Å². The van der Waals surface area contributed by atoms with Crippen LogP contribution in [0.1, 0.15) is 71.1 Å². The summed E-state index contributed by atoms with van der Waals surface area (Å²) in [5.41, 5.74) is 0.386. The maximum absolute atomic E-state index is 14.6. The zero-order valence-corrected chi connectivity index (χ0v) is 16.2. The van der Waals surface area contributed by atoms with E-state index < -0.39 is 23.5 Å². The molecule has 2 aromatic rings. The van der Waals surface area contributed by atoms with Crippen LogP contribution in [-0.4, -0.2) is 26.7 Å². The molecule has 0 bridgehead atoms. The minimum Gasteiger partial charge on any atom is -0.389 e. The molecular formula is C20H27F2N3O2. The first-order valence-corrected chi connectivity index (χ1v) is 9.43. The van der Waals surface area contributed by atoms with Crippen molar-refractivity contribution in [3.8, 4) is 0 Å². The van der Waals surface area contributed by atoms with Crippen LogP contribution in [0.2, 0.25) is 0 Å². The number of imidazole rings is 1. The predicted molar refractivity (Wildman–Crippen MR) is 101 cm³/mol. The number of aromatic nitrogens is 2.